The number of benzene rings is 5. The van der Waals surface area contributed by atoms with Crippen LogP contribution >= 0.6 is 27.7 Å². The number of hydrogen-bond acceptors (Lipinski definition) is 3. The predicted molar refractivity (Wildman–Crippen MR) is 142 cm³/mol. The zero-order valence-corrected chi connectivity index (χ0v) is 19.8. The first-order valence-corrected chi connectivity index (χ1v) is 12.2. The third-order valence-electron chi connectivity index (χ3n) is 6.36. The lowest BCUT2D eigenvalue weighted by molar-refractivity contribution is 1.18. The smallest absolute Gasteiger partial charge is 0.119 e. The van der Waals surface area contributed by atoms with E-state index in [2.05, 4.69) is 120 Å². The number of para-hydroxylation sites is 1. The van der Waals surface area contributed by atoms with Crippen LogP contribution in [0.25, 0.3) is 60.4 Å². The Hall–Kier alpha value is -3.54. The molecule has 0 atom stereocenters. The molecular formula is C28H16BrN3S. The van der Waals surface area contributed by atoms with Gasteiger partial charge in [-0.3, -0.25) is 0 Å². The molecule has 5 heteroatoms. The Kier molecular flexibility index (Phi) is 4.16. The maximum Gasteiger partial charge on any atom is 0.119 e. The molecule has 0 N–H and O–H groups in total. The van der Waals surface area contributed by atoms with Crippen molar-refractivity contribution < 1.29 is 0 Å². The van der Waals surface area contributed by atoms with Crippen molar-refractivity contribution in [1.82, 2.24) is 13.3 Å². The Morgan fingerprint density at radius 2 is 1.39 bits per heavy atom. The van der Waals surface area contributed by atoms with E-state index in [0.29, 0.717) is 0 Å². The highest BCUT2D eigenvalue weighted by Crippen LogP contribution is 2.37. The third kappa shape index (κ3) is 2.79. The Morgan fingerprint density at radius 1 is 0.636 bits per heavy atom. The molecule has 3 nitrogen and oxygen atoms in total. The van der Waals surface area contributed by atoms with E-state index in [4.69, 9.17) is 0 Å². The first kappa shape index (κ1) is 19.0. The number of halogens is 1. The van der Waals surface area contributed by atoms with Crippen LogP contribution in [0, 0.1) is 0 Å². The van der Waals surface area contributed by atoms with Crippen molar-refractivity contribution in [2.45, 2.75) is 0 Å². The maximum atomic E-state index is 4.53. The van der Waals surface area contributed by atoms with Crippen LogP contribution in [0.4, 0.5) is 0 Å². The summed E-state index contributed by atoms with van der Waals surface area (Å²) in [6.45, 7) is 0. The van der Waals surface area contributed by atoms with Gasteiger partial charge in [-0.05, 0) is 62.6 Å². The molecule has 0 radical (unpaired) electrons. The summed E-state index contributed by atoms with van der Waals surface area (Å²) < 4.78 is 12.3. The SMILES string of the molecule is Brc1ccc(-c2ccc(-n3c4ccccc4c4c5ccccc5ccc43)cc2)c2nsnc12. The predicted octanol–water partition coefficient (Wildman–Crippen LogP) is 8.37. The fraction of sp³-hybridized carbons (Fsp3) is 0. The molecule has 0 aliphatic heterocycles. The molecule has 0 fully saturated rings. The topological polar surface area (TPSA) is 30.7 Å². The Labute approximate surface area is 202 Å². The normalized spacial score (nSPS) is 11.8. The third-order valence-corrected chi connectivity index (χ3v) is 7.53. The van der Waals surface area contributed by atoms with Gasteiger partial charge < -0.3 is 4.57 Å². The molecule has 5 aromatic carbocycles. The summed E-state index contributed by atoms with van der Waals surface area (Å²) in [7, 11) is 0. The van der Waals surface area contributed by atoms with E-state index in [1.807, 2.05) is 6.07 Å². The highest BCUT2D eigenvalue weighted by atomic mass is 79.9. The van der Waals surface area contributed by atoms with E-state index in [1.165, 1.54) is 44.3 Å². The van der Waals surface area contributed by atoms with Gasteiger partial charge in [-0.2, -0.15) is 8.75 Å². The van der Waals surface area contributed by atoms with Crippen LogP contribution in [-0.2, 0) is 0 Å². The van der Waals surface area contributed by atoms with Crippen LogP contribution in [-0.4, -0.2) is 13.3 Å². The molecule has 7 rings (SSSR count). The van der Waals surface area contributed by atoms with Gasteiger partial charge in [0.05, 0.1) is 22.8 Å². The highest BCUT2D eigenvalue weighted by molar-refractivity contribution is 9.10. The molecule has 0 aliphatic rings. The minimum Gasteiger partial charge on any atom is -0.309 e. The van der Waals surface area contributed by atoms with E-state index < -0.39 is 0 Å². The summed E-state index contributed by atoms with van der Waals surface area (Å²) in [6.07, 6.45) is 0. The van der Waals surface area contributed by atoms with E-state index in [9.17, 15) is 0 Å². The van der Waals surface area contributed by atoms with Crippen LogP contribution in [0.5, 0.6) is 0 Å². The zero-order valence-electron chi connectivity index (χ0n) is 17.4. The van der Waals surface area contributed by atoms with Crippen LogP contribution in [0.2, 0.25) is 0 Å². The largest absolute Gasteiger partial charge is 0.309 e. The van der Waals surface area contributed by atoms with Gasteiger partial charge in [-0.25, -0.2) is 0 Å². The van der Waals surface area contributed by atoms with Crippen molar-refractivity contribution in [3.05, 3.63) is 102 Å². The molecule has 7 aromatic rings. The summed E-state index contributed by atoms with van der Waals surface area (Å²) in [5.41, 5.74) is 7.66. The minimum atomic E-state index is 0.913. The molecule has 0 saturated heterocycles. The van der Waals surface area contributed by atoms with Crippen LogP contribution in [0.15, 0.2) is 102 Å². The summed E-state index contributed by atoms with van der Waals surface area (Å²) in [6, 6.07) is 34.7. The number of hydrogen-bond donors (Lipinski definition) is 0. The van der Waals surface area contributed by atoms with Crippen molar-refractivity contribution in [3.8, 4) is 16.8 Å². The quantitative estimate of drug-likeness (QED) is 0.236. The van der Waals surface area contributed by atoms with Gasteiger partial charge in [0.25, 0.3) is 0 Å². The summed E-state index contributed by atoms with van der Waals surface area (Å²) in [4.78, 5) is 0. The second-order valence-electron chi connectivity index (χ2n) is 8.14. The van der Waals surface area contributed by atoms with Gasteiger partial charge in [-0.15, -0.1) is 0 Å². The molecule has 156 valence electrons. The number of fused-ring (bicyclic) bond motifs is 6. The van der Waals surface area contributed by atoms with E-state index >= 15 is 0 Å². The monoisotopic (exact) mass is 505 g/mol. The van der Waals surface area contributed by atoms with Crippen molar-refractivity contribution in [2.24, 2.45) is 0 Å². The highest BCUT2D eigenvalue weighted by Gasteiger charge is 2.15. The Balaban J connectivity index is 1.46. The van der Waals surface area contributed by atoms with Crippen molar-refractivity contribution in [1.29, 1.82) is 0 Å². The second kappa shape index (κ2) is 7.24. The standard InChI is InChI=1S/C28H16BrN3S/c29-23-15-14-21(27-28(23)31-33-30-27)18-9-12-19(13-10-18)32-24-8-4-3-7-22(24)26-20-6-2-1-5-17(20)11-16-25(26)32/h1-16H. The van der Waals surface area contributed by atoms with E-state index in [-0.39, 0.29) is 0 Å². The molecular weight excluding hydrogens is 490 g/mol. The average molecular weight is 506 g/mol. The molecule has 0 spiro atoms. The number of nitrogens with zero attached hydrogens (tertiary/aromatic N) is 3. The minimum absolute atomic E-state index is 0.913. The molecule has 33 heavy (non-hydrogen) atoms. The van der Waals surface area contributed by atoms with Gasteiger partial charge in [0, 0.05) is 26.5 Å². The summed E-state index contributed by atoms with van der Waals surface area (Å²) in [5, 5.41) is 5.13. The van der Waals surface area contributed by atoms with Crippen LogP contribution in [0.3, 0.4) is 0 Å². The van der Waals surface area contributed by atoms with Crippen LogP contribution < -0.4 is 0 Å². The fourth-order valence-corrected chi connectivity index (χ4v) is 5.98. The molecule has 2 aromatic heterocycles. The van der Waals surface area contributed by atoms with E-state index in [0.717, 1.165) is 32.3 Å². The lowest BCUT2D eigenvalue weighted by atomic mass is 10.0. The molecule has 2 heterocycles. The number of aromatic nitrogens is 3. The van der Waals surface area contributed by atoms with Crippen molar-refractivity contribution in [2.75, 3.05) is 0 Å². The molecule has 0 saturated carbocycles. The molecule has 0 aliphatic carbocycles. The Bertz CT molecular complexity index is 1830. The zero-order chi connectivity index (χ0) is 21.9. The molecule has 0 bridgehead atoms. The molecule has 0 amide bonds. The lowest BCUT2D eigenvalue weighted by Gasteiger charge is -2.10. The summed E-state index contributed by atoms with van der Waals surface area (Å²) >= 11 is 4.83. The summed E-state index contributed by atoms with van der Waals surface area (Å²) in [5.74, 6) is 0. The Morgan fingerprint density at radius 3 is 2.27 bits per heavy atom. The lowest BCUT2D eigenvalue weighted by Crippen LogP contribution is -1.94. The average Bonchev–Trinajstić information content (AvgIpc) is 3.49. The van der Waals surface area contributed by atoms with Gasteiger partial charge in [0.15, 0.2) is 0 Å². The van der Waals surface area contributed by atoms with E-state index in [1.54, 1.807) is 0 Å². The van der Waals surface area contributed by atoms with Gasteiger partial charge in [0.1, 0.15) is 11.0 Å². The van der Waals surface area contributed by atoms with Crippen LogP contribution in [0.1, 0.15) is 0 Å². The van der Waals surface area contributed by atoms with Gasteiger partial charge in [0.2, 0.25) is 0 Å². The van der Waals surface area contributed by atoms with Crippen molar-refractivity contribution in [3.63, 3.8) is 0 Å². The maximum absolute atomic E-state index is 4.53. The number of rotatable bonds is 2. The first-order chi connectivity index (χ1) is 16.3. The van der Waals surface area contributed by atoms with Gasteiger partial charge >= 0.3 is 0 Å². The van der Waals surface area contributed by atoms with Gasteiger partial charge in [-0.1, -0.05) is 66.7 Å². The first-order valence-electron chi connectivity index (χ1n) is 10.7. The second-order valence-corrected chi connectivity index (χ2v) is 9.52. The fourth-order valence-electron chi connectivity index (χ4n) is 4.88. The van der Waals surface area contributed by atoms with Crippen molar-refractivity contribution >= 4 is 71.3 Å². The molecule has 0 unspecified atom stereocenters.